The van der Waals surface area contributed by atoms with Crippen molar-refractivity contribution in [2.24, 2.45) is 0 Å². The Morgan fingerprint density at radius 1 is 1.29 bits per heavy atom. The molecular formula is C13H19FN2S. The number of benzene rings is 1. The van der Waals surface area contributed by atoms with Crippen LogP contribution in [0.5, 0.6) is 0 Å². The van der Waals surface area contributed by atoms with E-state index < -0.39 is 0 Å². The third-order valence-corrected chi connectivity index (χ3v) is 4.56. The molecule has 17 heavy (non-hydrogen) atoms. The summed E-state index contributed by atoms with van der Waals surface area (Å²) in [6.07, 6.45) is 6.91. The van der Waals surface area contributed by atoms with E-state index in [1.165, 1.54) is 18.9 Å². The van der Waals surface area contributed by atoms with Crippen molar-refractivity contribution in [1.29, 1.82) is 0 Å². The summed E-state index contributed by atoms with van der Waals surface area (Å²) in [5, 5.41) is 4.15. The molecule has 1 saturated carbocycles. The van der Waals surface area contributed by atoms with Gasteiger partial charge in [0, 0.05) is 11.3 Å². The maximum absolute atomic E-state index is 13.3. The number of nitrogen functional groups attached to an aromatic ring is 1. The Labute approximate surface area is 106 Å². The number of hydrogen-bond acceptors (Lipinski definition) is 3. The van der Waals surface area contributed by atoms with Crippen LogP contribution in [-0.4, -0.2) is 17.5 Å². The molecule has 1 aliphatic rings. The van der Waals surface area contributed by atoms with Gasteiger partial charge in [-0.3, -0.25) is 0 Å². The van der Waals surface area contributed by atoms with Gasteiger partial charge in [-0.25, -0.2) is 4.39 Å². The van der Waals surface area contributed by atoms with Crippen LogP contribution in [0.15, 0.2) is 18.2 Å². The average Bonchev–Trinajstić information content (AvgIpc) is 2.36. The van der Waals surface area contributed by atoms with Crippen LogP contribution in [0, 0.1) is 5.82 Å². The number of rotatable bonds is 3. The van der Waals surface area contributed by atoms with E-state index in [2.05, 4.69) is 11.6 Å². The molecule has 94 valence electrons. The molecule has 1 aliphatic carbocycles. The van der Waals surface area contributed by atoms with Gasteiger partial charge in [-0.15, -0.1) is 0 Å². The fourth-order valence-corrected chi connectivity index (χ4v) is 3.07. The topological polar surface area (TPSA) is 38.0 Å². The van der Waals surface area contributed by atoms with Crippen LogP contribution in [0.4, 0.5) is 15.8 Å². The van der Waals surface area contributed by atoms with Gasteiger partial charge in [0.05, 0.1) is 11.4 Å². The van der Waals surface area contributed by atoms with E-state index >= 15 is 0 Å². The summed E-state index contributed by atoms with van der Waals surface area (Å²) in [4.78, 5) is 0. The van der Waals surface area contributed by atoms with E-state index in [0.717, 1.165) is 23.8 Å². The summed E-state index contributed by atoms with van der Waals surface area (Å²) >= 11 is 1.95. The van der Waals surface area contributed by atoms with Crippen molar-refractivity contribution in [3.63, 3.8) is 0 Å². The molecule has 1 aromatic carbocycles. The van der Waals surface area contributed by atoms with Crippen molar-refractivity contribution in [3.8, 4) is 0 Å². The van der Waals surface area contributed by atoms with Gasteiger partial charge in [0.2, 0.25) is 0 Å². The Balaban J connectivity index is 1.95. The van der Waals surface area contributed by atoms with Crippen molar-refractivity contribution in [2.45, 2.75) is 37.0 Å². The Morgan fingerprint density at radius 2 is 2.00 bits per heavy atom. The van der Waals surface area contributed by atoms with Crippen molar-refractivity contribution in [1.82, 2.24) is 0 Å². The maximum Gasteiger partial charge on any atom is 0.148 e. The van der Waals surface area contributed by atoms with Crippen molar-refractivity contribution >= 4 is 23.1 Å². The second-order valence-corrected chi connectivity index (χ2v) is 5.69. The third-order valence-electron chi connectivity index (χ3n) is 3.42. The number of halogens is 1. The van der Waals surface area contributed by atoms with Gasteiger partial charge in [-0.1, -0.05) is 6.07 Å². The van der Waals surface area contributed by atoms with Crippen LogP contribution in [-0.2, 0) is 0 Å². The number of anilines is 2. The molecule has 1 aromatic rings. The van der Waals surface area contributed by atoms with E-state index in [9.17, 15) is 4.39 Å². The van der Waals surface area contributed by atoms with Crippen LogP contribution < -0.4 is 11.1 Å². The normalized spacial score (nSPS) is 24.6. The van der Waals surface area contributed by atoms with E-state index in [4.69, 9.17) is 5.73 Å². The van der Waals surface area contributed by atoms with Gasteiger partial charge in [-0.05, 0) is 44.1 Å². The summed E-state index contributed by atoms with van der Waals surface area (Å²) in [5.74, 6) is -0.340. The minimum atomic E-state index is -0.340. The minimum Gasteiger partial charge on any atom is -0.395 e. The Morgan fingerprint density at radius 3 is 2.65 bits per heavy atom. The predicted molar refractivity (Wildman–Crippen MR) is 74.0 cm³/mol. The number of thioether (sulfide) groups is 1. The zero-order valence-corrected chi connectivity index (χ0v) is 10.9. The standard InChI is InChI=1S/C13H19FN2S/c1-17-10-7-5-9(6-8-10)16-12-4-2-3-11(14)13(12)15/h2-4,9-10,16H,5-8,15H2,1H3. The van der Waals surface area contributed by atoms with Gasteiger partial charge >= 0.3 is 0 Å². The molecule has 1 fully saturated rings. The number of nitrogens with one attached hydrogen (secondary N) is 1. The highest BCUT2D eigenvalue weighted by Gasteiger charge is 2.20. The molecule has 0 saturated heterocycles. The lowest BCUT2D eigenvalue weighted by Gasteiger charge is -2.29. The quantitative estimate of drug-likeness (QED) is 0.811. The molecule has 0 unspecified atom stereocenters. The SMILES string of the molecule is CSC1CCC(Nc2cccc(F)c2N)CC1. The van der Waals surface area contributed by atoms with Gasteiger partial charge in [0.15, 0.2) is 0 Å². The lowest BCUT2D eigenvalue weighted by molar-refractivity contribution is 0.473. The predicted octanol–water partition coefficient (Wildman–Crippen LogP) is 3.49. The zero-order valence-electron chi connectivity index (χ0n) is 10.1. The number of hydrogen-bond donors (Lipinski definition) is 2. The van der Waals surface area contributed by atoms with Crippen LogP contribution in [0.2, 0.25) is 0 Å². The first kappa shape index (κ1) is 12.6. The van der Waals surface area contributed by atoms with Crippen molar-refractivity contribution in [3.05, 3.63) is 24.0 Å². The van der Waals surface area contributed by atoms with Crippen molar-refractivity contribution in [2.75, 3.05) is 17.3 Å². The van der Waals surface area contributed by atoms with Crippen molar-refractivity contribution < 1.29 is 4.39 Å². The zero-order chi connectivity index (χ0) is 12.3. The molecule has 0 heterocycles. The summed E-state index contributed by atoms with van der Waals surface area (Å²) in [6.45, 7) is 0. The lowest BCUT2D eigenvalue weighted by Crippen LogP contribution is -2.27. The molecule has 0 radical (unpaired) electrons. The van der Waals surface area contributed by atoms with Crippen LogP contribution in [0.25, 0.3) is 0 Å². The first-order chi connectivity index (χ1) is 8.20. The van der Waals surface area contributed by atoms with Crippen LogP contribution >= 0.6 is 11.8 Å². The van der Waals surface area contributed by atoms with E-state index in [1.807, 2.05) is 17.8 Å². The lowest BCUT2D eigenvalue weighted by atomic mass is 9.94. The van der Waals surface area contributed by atoms with E-state index in [0.29, 0.717) is 6.04 Å². The van der Waals surface area contributed by atoms with Crippen LogP contribution in [0.3, 0.4) is 0 Å². The monoisotopic (exact) mass is 254 g/mol. The second-order valence-electron chi connectivity index (χ2n) is 4.55. The molecule has 0 bridgehead atoms. The van der Waals surface area contributed by atoms with Gasteiger partial charge in [-0.2, -0.15) is 11.8 Å². The number of para-hydroxylation sites is 1. The van der Waals surface area contributed by atoms with E-state index in [-0.39, 0.29) is 11.5 Å². The Kier molecular flexibility index (Phi) is 4.15. The summed E-state index contributed by atoms with van der Waals surface area (Å²) in [7, 11) is 0. The van der Waals surface area contributed by atoms with Gasteiger partial charge in [0.25, 0.3) is 0 Å². The van der Waals surface area contributed by atoms with Crippen LogP contribution in [0.1, 0.15) is 25.7 Å². The van der Waals surface area contributed by atoms with Gasteiger partial charge in [0.1, 0.15) is 5.82 Å². The molecule has 0 aliphatic heterocycles. The first-order valence-electron chi connectivity index (χ1n) is 6.04. The smallest absolute Gasteiger partial charge is 0.148 e. The first-order valence-corrected chi connectivity index (χ1v) is 7.33. The molecule has 0 spiro atoms. The summed E-state index contributed by atoms with van der Waals surface area (Å²) in [6, 6.07) is 5.37. The maximum atomic E-state index is 13.3. The van der Waals surface area contributed by atoms with E-state index in [1.54, 1.807) is 6.07 Å². The molecular weight excluding hydrogens is 235 g/mol. The molecule has 3 N–H and O–H groups in total. The average molecular weight is 254 g/mol. The molecule has 0 amide bonds. The molecule has 0 atom stereocenters. The third kappa shape index (κ3) is 3.06. The highest BCUT2D eigenvalue weighted by Crippen LogP contribution is 2.30. The Hall–Kier alpha value is -0.900. The fraction of sp³-hybridized carbons (Fsp3) is 0.538. The Bertz CT molecular complexity index is 376. The van der Waals surface area contributed by atoms with Gasteiger partial charge < -0.3 is 11.1 Å². The molecule has 4 heteroatoms. The molecule has 2 rings (SSSR count). The second kappa shape index (κ2) is 5.63. The highest BCUT2D eigenvalue weighted by molar-refractivity contribution is 7.99. The largest absolute Gasteiger partial charge is 0.395 e. The summed E-state index contributed by atoms with van der Waals surface area (Å²) < 4.78 is 13.3. The minimum absolute atomic E-state index is 0.236. The fourth-order valence-electron chi connectivity index (χ4n) is 2.33. The summed E-state index contributed by atoms with van der Waals surface area (Å²) in [5.41, 5.74) is 6.68. The number of nitrogens with two attached hydrogens (primary N) is 1. The molecule has 2 nitrogen and oxygen atoms in total. The highest BCUT2D eigenvalue weighted by atomic mass is 32.2. The molecule has 0 aromatic heterocycles.